The van der Waals surface area contributed by atoms with Gasteiger partial charge in [0.1, 0.15) is 0 Å². The van der Waals surface area contributed by atoms with Crippen LogP contribution in [0.15, 0.2) is 54.6 Å². The number of hydrogen-bond donors (Lipinski definition) is 0. The quantitative estimate of drug-likeness (QED) is 0.551. The predicted octanol–water partition coefficient (Wildman–Crippen LogP) is 5.35. The fraction of sp³-hybridized carbons (Fsp3) is 0.133. The van der Waals surface area contributed by atoms with Gasteiger partial charge in [0.25, 0.3) is 5.91 Å². The monoisotopic (exact) mass is 343 g/mol. The molecule has 2 aromatic rings. The van der Waals surface area contributed by atoms with Crippen LogP contribution in [0, 0.1) is 6.92 Å². The summed E-state index contributed by atoms with van der Waals surface area (Å²) in [5, 5.41) is 0. The van der Waals surface area contributed by atoms with E-state index in [-0.39, 0.29) is 5.91 Å². The average Bonchev–Trinajstić information content (AvgIpc) is 2.45. The predicted molar refractivity (Wildman–Crippen MR) is 87.6 cm³/mol. The summed E-state index contributed by atoms with van der Waals surface area (Å²) in [7, 11) is 0. The molecule has 0 saturated heterocycles. The Balaban J connectivity index is 2.41. The maximum Gasteiger partial charge on any atom is 0.324 e. The molecule has 0 bridgehead atoms. The van der Waals surface area contributed by atoms with Crippen LogP contribution in [-0.4, -0.2) is 9.83 Å². The maximum absolute atomic E-state index is 13.6. The number of aryl methyl sites for hydroxylation is 1. The Morgan fingerprint density at radius 3 is 2.24 bits per heavy atom. The number of anilines is 1. The van der Waals surface area contributed by atoms with Gasteiger partial charge in [0.2, 0.25) is 0 Å². The molecule has 110 valence electrons. The minimum atomic E-state index is -2.60. The standard InChI is InChI=1S/C15H12Cl2FNOS/c1-11-7-5-6-10-13(11)14(20)19(21-15(16,17)18)12-8-3-2-4-9-12/h2-10H,1H3. The Bertz CT molecular complexity index is 631. The lowest BCUT2D eigenvalue weighted by Gasteiger charge is -2.24. The fourth-order valence-electron chi connectivity index (χ4n) is 1.80. The third-order valence-electron chi connectivity index (χ3n) is 2.75. The lowest BCUT2D eigenvalue weighted by atomic mass is 10.1. The Kier molecular flexibility index (Phi) is 5.14. The van der Waals surface area contributed by atoms with E-state index in [1.807, 2.05) is 19.1 Å². The third kappa shape index (κ3) is 4.37. The van der Waals surface area contributed by atoms with Crippen LogP contribution < -0.4 is 4.31 Å². The number of para-hydroxylation sites is 1. The number of hydrogen-bond acceptors (Lipinski definition) is 2. The van der Waals surface area contributed by atoms with E-state index in [0.717, 1.165) is 9.87 Å². The van der Waals surface area contributed by atoms with Gasteiger partial charge in [-0.2, -0.15) is 4.39 Å². The third-order valence-corrected chi connectivity index (χ3v) is 3.93. The van der Waals surface area contributed by atoms with Gasteiger partial charge in [-0.25, -0.2) is 4.31 Å². The highest BCUT2D eigenvalue weighted by Gasteiger charge is 2.32. The zero-order chi connectivity index (χ0) is 15.5. The molecule has 2 rings (SSSR count). The van der Waals surface area contributed by atoms with E-state index in [9.17, 15) is 9.18 Å². The molecule has 0 unspecified atom stereocenters. The van der Waals surface area contributed by atoms with E-state index in [1.165, 1.54) is 0 Å². The topological polar surface area (TPSA) is 20.3 Å². The number of rotatable bonds is 4. The van der Waals surface area contributed by atoms with Crippen LogP contribution in [0.1, 0.15) is 15.9 Å². The molecule has 0 spiro atoms. The molecule has 0 aromatic heterocycles. The van der Waals surface area contributed by atoms with Gasteiger partial charge in [-0.1, -0.05) is 59.6 Å². The second-order valence-corrected chi connectivity index (χ2v) is 7.08. The largest absolute Gasteiger partial charge is 0.324 e. The van der Waals surface area contributed by atoms with Crippen molar-refractivity contribution in [3.05, 3.63) is 65.7 Å². The second kappa shape index (κ2) is 6.69. The van der Waals surface area contributed by atoms with Gasteiger partial charge in [-0.05, 0) is 30.7 Å². The lowest BCUT2D eigenvalue weighted by Crippen LogP contribution is -2.27. The number of nitrogens with zero attached hydrogens (tertiary/aromatic N) is 1. The molecule has 0 aliphatic carbocycles. The second-order valence-electron chi connectivity index (χ2n) is 4.29. The van der Waals surface area contributed by atoms with Crippen molar-refractivity contribution in [1.82, 2.24) is 0 Å². The van der Waals surface area contributed by atoms with Gasteiger partial charge >= 0.3 is 3.92 Å². The zero-order valence-corrected chi connectivity index (χ0v) is 13.4. The maximum atomic E-state index is 13.6. The molecule has 0 fully saturated rings. The summed E-state index contributed by atoms with van der Waals surface area (Å²) >= 11 is 11.2. The molecular weight excluding hydrogens is 332 g/mol. The molecule has 0 atom stereocenters. The summed E-state index contributed by atoms with van der Waals surface area (Å²) in [5.41, 5.74) is 1.75. The van der Waals surface area contributed by atoms with Crippen molar-refractivity contribution in [2.24, 2.45) is 0 Å². The van der Waals surface area contributed by atoms with Gasteiger partial charge in [-0.3, -0.25) is 4.79 Å². The average molecular weight is 344 g/mol. The molecule has 0 N–H and O–H groups in total. The minimum Gasteiger partial charge on any atom is -0.268 e. The first kappa shape index (κ1) is 16.1. The van der Waals surface area contributed by atoms with Crippen LogP contribution in [-0.2, 0) is 0 Å². The van der Waals surface area contributed by atoms with E-state index in [0.29, 0.717) is 23.2 Å². The molecule has 21 heavy (non-hydrogen) atoms. The summed E-state index contributed by atoms with van der Waals surface area (Å²) in [6, 6.07) is 15.7. The number of amides is 1. The molecule has 0 aliphatic heterocycles. The van der Waals surface area contributed by atoms with Gasteiger partial charge in [0.15, 0.2) is 0 Å². The summed E-state index contributed by atoms with van der Waals surface area (Å²) in [6.45, 7) is 1.81. The van der Waals surface area contributed by atoms with Crippen molar-refractivity contribution in [2.75, 3.05) is 4.31 Å². The van der Waals surface area contributed by atoms with Gasteiger partial charge in [0.05, 0.1) is 5.69 Å². The van der Waals surface area contributed by atoms with E-state index >= 15 is 0 Å². The zero-order valence-electron chi connectivity index (χ0n) is 11.1. The number of alkyl halides is 3. The number of benzene rings is 2. The molecular formula is C15H12Cl2FNOS. The highest BCUT2D eigenvalue weighted by molar-refractivity contribution is 8.05. The van der Waals surface area contributed by atoms with Crippen LogP contribution in [0.5, 0.6) is 0 Å². The van der Waals surface area contributed by atoms with Gasteiger partial charge in [0, 0.05) is 17.5 Å². The highest BCUT2D eigenvalue weighted by atomic mass is 35.5. The van der Waals surface area contributed by atoms with Crippen LogP contribution in [0.4, 0.5) is 10.1 Å². The Labute approximate surface area is 137 Å². The van der Waals surface area contributed by atoms with Crippen LogP contribution in [0.2, 0.25) is 0 Å². The van der Waals surface area contributed by atoms with Gasteiger partial charge < -0.3 is 0 Å². The smallest absolute Gasteiger partial charge is 0.268 e. The Hall–Kier alpha value is -1.23. The molecule has 0 heterocycles. The van der Waals surface area contributed by atoms with Gasteiger partial charge in [-0.15, -0.1) is 0 Å². The van der Waals surface area contributed by atoms with E-state index in [4.69, 9.17) is 23.2 Å². The number of carbonyl (C=O) groups excluding carboxylic acids is 1. The first-order chi connectivity index (χ1) is 9.88. The van der Waals surface area contributed by atoms with Crippen LogP contribution in [0.3, 0.4) is 0 Å². The first-order valence-corrected chi connectivity index (χ1v) is 7.62. The summed E-state index contributed by atoms with van der Waals surface area (Å²) < 4.78 is 12.2. The molecule has 0 radical (unpaired) electrons. The van der Waals surface area contributed by atoms with Crippen molar-refractivity contribution < 1.29 is 9.18 Å². The van der Waals surface area contributed by atoms with Crippen LogP contribution in [0.25, 0.3) is 0 Å². The lowest BCUT2D eigenvalue weighted by molar-refractivity contribution is 0.101. The van der Waals surface area contributed by atoms with E-state index < -0.39 is 3.92 Å². The summed E-state index contributed by atoms with van der Waals surface area (Å²) in [6.07, 6.45) is 0. The highest BCUT2D eigenvalue weighted by Crippen LogP contribution is 2.41. The summed E-state index contributed by atoms with van der Waals surface area (Å²) in [4.78, 5) is 12.7. The van der Waals surface area contributed by atoms with Crippen molar-refractivity contribution in [3.8, 4) is 0 Å². The fourth-order valence-corrected chi connectivity index (χ4v) is 2.83. The van der Waals surface area contributed by atoms with Crippen molar-refractivity contribution in [2.45, 2.75) is 10.8 Å². The van der Waals surface area contributed by atoms with Crippen LogP contribution >= 0.6 is 35.1 Å². The molecule has 2 nitrogen and oxygen atoms in total. The molecule has 1 amide bonds. The summed E-state index contributed by atoms with van der Waals surface area (Å²) in [5.74, 6) is -0.382. The van der Waals surface area contributed by atoms with Crippen molar-refractivity contribution in [1.29, 1.82) is 0 Å². The molecule has 0 aliphatic rings. The first-order valence-electron chi connectivity index (χ1n) is 6.09. The number of carbonyl (C=O) groups is 1. The van der Waals surface area contributed by atoms with Crippen molar-refractivity contribution in [3.63, 3.8) is 0 Å². The SMILES string of the molecule is Cc1ccccc1C(=O)N(SC(F)(Cl)Cl)c1ccccc1. The molecule has 2 aromatic carbocycles. The van der Waals surface area contributed by atoms with E-state index in [2.05, 4.69) is 0 Å². The normalized spacial score (nSPS) is 11.2. The Morgan fingerprint density at radius 1 is 1.10 bits per heavy atom. The molecule has 0 saturated carbocycles. The minimum absolute atomic E-state index is 0.382. The Morgan fingerprint density at radius 2 is 1.67 bits per heavy atom. The molecule has 6 heteroatoms. The van der Waals surface area contributed by atoms with Crippen molar-refractivity contribution >= 4 is 46.7 Å². The number of halogens is 3. The van der Waals surface area contributed by atoms with E-state index in [1.54, 1.807) is 42.5 Å².